The first-order chi connectivity index (χ1) is 14.2. The molecule has 158 valence electrons. The van der Waals surface area contributed by atoms with Crippen molar-refractivity contribution in [3.63, 3.8) is 0 Å². The molecule has 0 radical (unpaired) electrons. The molecule has 13 heteroatoms. The van der Waals surface area contributed by atoms with Crippen molar-refractivity contribution in [2.45, 2.75) is 0 Å². The molecule has 2 aliphatic heterocycles. The number of nitrogens with zero attached hydrogens (tertiary/aromatic N) is 3. The average Bonchev–Trinajstić information content (AvgIpc) is 2.71. The van der Waals surface area contributed by atoms with E-state index in [0.29, 0.717) is 0 Å². The molecule has 0 bridgehead atoms. The van der Waals surface area contributed by atoms with Crippen LogP contribution < -0.4 is 10.1 Å². The topological polar surface area (TPSA) is 158 Å². The lowest BCUT2D eigenvalue weighted by atomic mass is 10.2. The normalized spacial score (nSPS) is 16.6. The fraction of sp³-hybridized carbons (Fsp3) is 0.235. The van der Waals surface area contributed by atoms with Gasteiger partial charge in [-0.15, -0.1) is 4.40 Å². The molecule has 30 heavy (non-hydrogen) atoms. The number of nitro benzene ring substituents is 1. The minimum Gasteiger partial charge on any atom is -0.494 e. The largest absolute Gasteiger partial charge is 0.494 e. The summed E-state index contributed by atoms with van der Waals surface area (Å²) in [6.07, 6.45) is 4.11. The van der Waals surface area contributed by atoms with E-state index in [1.807, 2.05) is 0 Å². The molecule has 12 nitrogen and oxygen atoms in total. The summed E-state index contributed by atoms with van der Waals surface area (Å²) in [4.78, 5) is 36.0. The predicted molar refractivity (Wildman–Crippen MR) is 104 cm³/mol. The van der Waals surface area contributed by atoms with E-state index in [1.54, 1.807) is 0 Å². The van der Waals surface area contributed by atoms with Gasteiger partial charge in [-0.25, -0.2) is 13.2 Å². The van der Waals surface area contributed by atoms with E-state index in [4.69, 9.17) is 9.47 Å². The van der Waals surface area contributed by atoms with Crippen LogP contribution in [-0.2, 0) is 24.3 Å². The lowest BCUT2D eigenvalue weighted by Gasteiger charge is -2.26. The fourth-order valence-corrected chi connectivity index (χ4v) is 3.59. The van der Waals surface area contributed by atoms with Crippen LogP contribution in [0.5, 0.6) is 5.75 Å². The Labute approximate surface area is 170 Å². The number of fused-ring (bicyclic) bond motifs is 1. The van der Waals surface area contributed by atoms with Gasteiger partial charge in [-0.05, 0) is 18.2 Å². The Kier molecular flexibility index (Phi) is 5.82. The van der Waals surface area contributed by atoms with E-state index in [1.165, 1.54) is 42.5 Å². The van der Waals surface area contributed by atoms with Crippen molar-refractivity contribution >= 4 is 39.1 Å². The fourth-order valence-electron chi connectivity index (χ4n) is 2.62. The number of sulfonamides is 1. The Bertz CT molecular complexity index is 1110. The van der Waals surface area contributed by atoms with E-state index in [2.05, 4.69) is 9.71 Å². The highest BCUT2D eigenvalue weighted by Crippen LogP contribution is 2.29. The monoisotopic (exact) mass is 436 g/mol. The second-order valence-electron chi connectivity index (χ2n) is 6.11. The van der Waals surface area contributed by atoms with E-state index in [-0.39, 0.29) is 40.8 Å². The molecule has 0 saturated carbocycles. The van der Waals surface area contributed by atoms with Crippen LogP contribution in [0.4, 0.5) is 11.4 Å². The van der Waals surface area contributed by atoms with Crippen molar-refractivity contribution in [3.05, 3.63) is 52.2 Å². The summed E-state index contributed by atoms with van der Waals surface area (Å²) in [6.45, 7) is -0.470. The van der Waals surface area contributed by atoms with Gasteiger partial charge in [0.2, 0.25) is 0 Å². The first-order valence-electron chi connectivity index (χ1n) is 8.47. The Balaban J connectivity index is 1.59. The summed E-state index contributed by atoms with van der Waals surface area (Å²) < 4.78 is 36.6. The van der Waals surface area contributed by atoms with Crippen molar-refractivity contribution < 1.29 is 32.4 Å². The van der Waals surface area contributed by atoms with Gasteiger partial charge in [0.15, 0.2) is 6.61 Å². The summed E-state index contributed by atoms with van der Waals surface area (Å²) in [5.74, 6) is -1.37. The van der Waals surface area contributed by atoms with Gasteiger partial charge in [-0.3, -0.25) is 14.9 Å². The maximum absolute atomic E-state index is 12.2. The third kappa shape index (κ3) is 4.81. The molecule has 1 aromatic rings. The summed E-state index contributed by atoms with van der Waals surface area (Å²) in [5.41, 5.74) is 0.0889. The highest BCUT2D eigenvalue weighted by molar-refractivity contribution is 7.90. The van der Waals surface area contributed by atoms with Gasteiger partial charge in [0, 0.05) is 18.8 Å². The number of ether oxygens (including phenoxy) is 2. The standard InChI is InChI=1S/C17H16N4O8S/c1-28-14-8-12(21(24)25)3-4-13(14)18-16(22)10-29-17(23)11-2-5-15-19-30(26,27)7-6-20(15)9-11/h2-5,8-9H,6-7,10H2,1H3,(H,18,22). The quantitative estimate of drug-likeness (QED) is 0.382. The van der Waals surface area contributed by atoms with E-state index < -0.39 is 33.4 Å². The summed E-state index contributed by atoms with van der Waals surface area (Å²) in [6, 6.07) is 3.64. The van der Waals surface area contributed by atoms with Gasteiger partial charge in [0.25, 0.3) is 21.6 Å². The number of carbonyl (C=O) groups excluding carboxylic acids is 2. The number of non-ortho nitro benzene ring substituents is 1. The number of methoxy groups -OCH3 is 1. The first kappa shape index (κ1) is 21.0. The number of amides is 1. The number of carbonyl (C=O) groups is 2. The third-order valence-corrected chi connectivity index (χ3v) is 5.23. The molecular weight excluding hydrogens is 420 g/mol. The minimum absolute atomic E-state index is 0.0775. The number of hydrogen-bond donors (Lipinski definition) is 1. The Morgan fingerprint density at radius 3 is 2.80 bits per heavy atom. The zero-order chi connectivity index (χ0) is 21.9. The molecule has 0 unspecified atom stereocenters. The van der Waals surface area contributed by atoms with Crippen LogP contribution in [0.1, 0.15) is 0 Å². The molecule has 1 N–H and O–H groups in total. The number of anilines is 1. The van der Waals surface area contributed by atoms with Crippen molar-refractivity contribution in [1.29, 1.82) is 0 Å². The van der Waals surface area contributed by atoms with Crippen LogP contribution in [0.3, 0.4) is 0 Å². The summed E-state index contributed by atoms with van der Waals surface area (Å²) >= 11 is 0. The molecule has 2 heterocycles. The Morgan fingerprint density at radius 2 is 2.10 bits per heavy atom. The highest BCUT2D eigenvalue weighted by atomic mass is 32.2. The van der Waals surface area contributed by atoms with Crippen LogP contribution in [-0.4, -0.2) is 62.0 Å². The van der Waals surface area contributed by atoms with Gasteiger partial charge in [-0.2, -0.15) is 0 Å². The van der Waals surface area contributed by atoms with Crippen LogP contribution in [0.15, 0.2) is 46.5 Å². The predicted octanol–water partition coefficient (Wildman–Crippen LogP) is 0.583. The van der Waals surface area contributed by atoms with Crippen LogP contribution in [0.25, 0.3) is 0 Å². The number of nitro groups is 1. The number of benzene rings is 1. The second-order valence-corrected chi connectivity index (χ2v) is 7.87. The summed E-state index contributed by atoms with van der Waals surface area (Å²) in [5, 5.41) is 13.2. The number of amidine groups is 1. The van der Waals surface area contributed by atoms with Gasteiger partial charge in [-0.1, -0.05) is 0 Å². The van der Waals surface area contributed by atoms with Gasteiger partial charge in [0.1, 0.15) is 11.6 Å². The highest BCUT2D eigenvalue weighted by Gasteiger charge is 2.25. The zero-order valence-corrected chi connectivity index (χ0v) is 16.4. The number of esters is 1. The second kappa shape index (κ2) is 8.32. The lowest BCUT2D eigenvalue weighted by Crippen LogP contribution is -2.37. The number of nitrogens with one attached hydrogen (secondary N) is 1. The molecular formula is C17H16N4O8S. The summed E-state index contributed by atoms with van der Waals surface area (Å²) in [7, 11) is -2.21. The van der Waals surface area contributed by atoms with Gasteiger partial charge in [0.05, 0.1) is 35.1 Å². The molecule has 2 aliphatic rings. The minimum atomic E-state index is -3.51. The third-order valence-electron chi connectivity index (χ3n) is 4.06. The molecule has 0 spiro atoms. The zero-order valence-electron chi connectivity index (χ0n) is 15.6. The molecule has 0 saturated heterocycles. The number of rotatable bonds is 6. The van der Waals surface area contributed by atoms with E-state index in [0.717, 1.165) is 6.07 Å². The van der Waals surface area contributed by atoms with Gasteiger partial charge < -0.3 is 19.7 Å². The molecule has 0 fully saturated rings. The van der Waals surface area contributed by atoms with Crippen molar-refractivity contribution in [3.8, 4) is 5.75 Å². The van der Waals surface area contributed by atoms with Crippen LogP contribution >= 0.6 is 0 Å². The van der Waals surface area contributed by atoms with Crippen molar-refractivity contribution in [2.75, 3.05) is 31.3 Å². The van der Waals surface area contributed by atoms with Crippen molar-refractivity contribution in [1.82, 2.24) is 4.90 Å². The van der Waals surface area contributed by atoms with E-state index >= 15 is 0 Å². The molecule has 3 rings (SSSR count). The number of hydrogen-bond acceptors (Lipinski definition) is 9. The van der Waals surface area contributed by atoms with Crippen molar-refractivity contribution in [2.24, 2.45) is 4.40 Å². The molecule has 0 atom stereocenters. The smallest absolute Gasteiger partial charge is 0.340 e. The maximum atomic E-state index is 12.2. The Morgan fingerprint density at radius 1 is 1.33 bits per heavy atom. The molecule has 1 amide bonds. The first-order valence-corrected chi connectivity index (χ1v) is 10.1. The van der Waals surface area contributed by atoms with Gasteiger partial charge >= 0.3 is 5.97 Å². The molecule has 0 aromatic heterocycles. The maximum Gasteiger partial charge on any atom is 0.340 e. The SMILES string of the molecule is COc1cc([N+](=O)[O-])ccc1NC(=O)COC(=O)C1=CN2CCS(=O)(=O)N=C2C=C1. The van der Waals surface area contributed by atoms with Crippen LogP contribution in [0.2, 0.25) is 0 Å². The van der Waals surface area contributed by atoms with Crippen LogP contribution in [0, 0.1) is 10.1 Å². The Hall–Kier alpha value is -3.74. The lowest BCUT2D eigenvalue weighted by molar-refractivity contribution is -0.384. The average molecular weight is 436 g/mol. The van der Waals surface area contributed by atoms with E-state index in [9.17, 15) is 28.1 Å². The molecule has 1 aromatic carbocycles. The molecule has 0 aliphatic carbocycles.